The molecule has 0 atom stereocenters. The van der Waals surface area contributed by atoms with Gasteiger partial charge in [0.15, 0.2) is 0 Å². The van der Waals surface area contributed by atoms with E-state index in [4.69, 9.17) is 0 Å². The Bertz CT molecular complexity index is 1120. The first-order chi connectivity index (χ1) is 13.6. The number of hydrogen-bond acceptors (Lipinski definition) is 4. The van der Waals surface area contributed by atoms with Crippen molar-refractivity contribution in [3.63, 3.8) is 0 Å². The summed E-state index contributed by atoms with van der Waals surface area (Å²) in [4.78, 5) is 24.4. The van der Waals surface area contributed by atoms with Crippen molar-refractivity contribution >= 4 is 34.4 Å². The second-order valence-electron chi connectivity index (χ2n) is 6.68. The van der Waals surface area contributed by atoms with E-state index in [1.807, 2.05) is 50.4 Å². The third kappa shape index (κ3) is 3.92. The van der Waals surface area contributed by atoms with Crippen LogP contribution in [0.5, 0.6) is 0 Å². The number of carbonyl (C=O) groups is 1. The number of rotatable bonds is 5. The number of aromatic nitrogens is 3. The van der Waals surface area contributed by atoms with Crippen LogP contribution in [0, 0.1) is 13.8 Å². The highest BCUT2D eigenvalue weighted by Crippen LogP contribution is 2.31. The molecule has 0 saturated carbocycles. The van der Waals surface area contributed by atoms with Gasteiger partial charge in [0, 0.05) is 17.4 Å². The molecule has 0 saturated heterocycles. The van der Waals surface area contributed by atoms with Crippen LogP contribution in [0.3, 0.4) is 0 Å². The summed E-state index contributed by atoms with van der Waals surface area (Å²) in [5.74, 6) is 0.218. The van der Waals surface area contributed by atoms with Gasteiger partial charge in [-0.2, -0.15) is 0 Å². The lowest BCUT2D eigenvalue weighted by atomic mass is 10.1. The summed E-state index contributed by atoms with van der Waals surface area (Å²) in [5, 5.41) is 3.73. The number of fused-ring (bicyclic) bond motifs is 1. The molecule has 0 unspecified atom stereocenters. The molecule has 4 aromatic rings. The summed E-state index contributed by atoms with van der Waals surface area (Å²) in [5.41, 5.74) is 6.90. The highest BCUT2D eigenvalue weighted by atomic mass is 32.2. The molecule has 0 bridgehead atoms. The van der Waals surface area contributed by atoms with E-state index in [1.165, 1.54) is 11.8 Å². The summed E-state index contributed by atoms with van der Waals surface area (Å²) in [6, 6.07) is 16.1. The predicted molar refractivity (Wildman–Crippen MR) is 115 cm³/mol. The Kier molecular flexibility index (Phi) is 5.12. The highest BCUT2D eigenvalue weighted by molar-refractivity contribution is 8.00. The Morgan fingerprint density at radius 1 is 1.07 bits per heavy atom. The predicted octanol–water partition coefficient (Wildman–Crippen LogP) is 4.97. The van der Waals surface area contributed by atoms with E-state index in [9.17, 15) is 4.79 Å². The maximum Gasteiger partial charge on any atom is 0.234 e. The minimum absolute atomic E-state index is 0.0587. The molecular weight excluding hydrogens is 368 g/mol. The van der Waals surface area contributed by atoms with Crippen LogP contribution < -0.4 is 5.32 Å². The lowest BCUT2D eigenvalue weighted by Crippen LogP contribution is -2.14. The molecule has 0 radical (unpaired) electrons. The third-order valence-corrected chi connectivity index (χ3v) is 5.35. The molecule has 28 heavy (non-hydrogen) atoms. The van der Waals surface area contributed by atoms with Gasteiger partial charge in [-0.25, -0.2) is 9.97 Å². The number of carbonyl (C=O) groups excluding carboxylic acids is 1. The number of anilines is 1. The zero-order valence-corrected chi connectivity index (χ0v) is 16.5. The quantitative estimate of drug-likeness (QED) is 0.374. The average molecular weight is 388 g/mol. The summed E-state index contributed by atoms with van der Waals surface area (Å²) in [6.45, 7) is 4.04. The fraction of sp³-hybridized carbons (Fsp3) is 0.136. The SMILES string of the molecule is Cc1cc(C)cc(NC(=O)CSc2ncnc3c(-c4ccccc4)c[nH]c23)c1. The molecule has 2 aromatic heterocycles. The van der Waals surface area contributed by atoms with Gasteiger partial charge in [-0.3, -0.25) is 4.79 Å². The molecule has 0 fully saturated rings. The number of H-pyrrole nitrogens is 1. The number of amides is 1. The number of thioether (sulfide) groups is 1. The largest absolute Gasteiger partial charge is 0.357 e. The van der Waals surface area contributed by atoms with E-state index in [-0.39, 0.29) is 11.7 Å². The Morgan fingerprint density at radius 2 is 1.82 bits per heavy atom. The minimum Gasteiger partial charge on any atom is -0.357 e. The van der Waals surface area contributed by atoms with Crippen molar-refractivity contribution in [3.05, 3.63) is 72.2 Å². The Labute approximate surface area is 167 Å². The Hall–Kier alpha value is -3.12. The fourth-order valence-electron chi connectivity index (χ4n) is 3.24. The van der Waals surface area contributed by atoms with Gasteiger partial charge in [0.25, 0.3) is 0 Å². The van der Waals surface area contributed by atoms with Crippen molar-refractivity contribution < 1.29 is 4.79 Å². The second-order valence-corrected chi connectivity index (χ2v) is 7.65. The number of nitrogens with one attached hydrogen (secondary N) is 2. The van der Waals surface area contributed by atoms with Crippen LogP contribution in [-0.2, 0) is 4.79 Å². The van der Waals surface area contributed by atoms with Crippen LogP contribution in [0.1, 0.15) is 11.1 Å². The molecule has 140 valence electrons. The van der Waals surface area contributed by atoms with E-state index in [2.05, 4.69) is 38.5 Å². The third-order valence-electron chi connectivity index (χ3n) is 4.36. The molecule has 0 aliphatic heterocycles. The number of nitrogens with zero attached hydrogens (tertiary/aromatic N) is 2. The fourth-order valence-corrected chi connectivity index (χ4v) is 4.00. The molecule has 5 nitrogen and oxygen atoms in total. The van der Waals surface area contributed by atoms with Crippen molar-refractivity contribution in [3.8, 4) is 11.1 Å². The van der Waals surface area contributed by atoms with E-state index < -0.39 is 0 Å². The van der Waals surface area contributed by atoms with E-state index in [0.717, 1.165) is 44.0 Å². The molecule has 2 aromatic carbocycles. The van der Waals surface area contributed by atoms with Gasteiger partial charge in [-0.1, -0.05) is 48.2 Å². The molecule has 4 rings (SSSR count). The standard InChI is InChI=1S/C22H20N4OS/c1-14-8-15(2)10-17(9-14)26-19(27)12-28-22-21-20(24-13-25-22)18(11-23-21)16-6-4-3-5-7-16/h3-11,13,23H,12H2,1-2H3,(H,26,27). The summed E-state index contributed by atoms with van der Waals surface area (Å²) < 4.78 is 0. The van der Waals surface area contributed by atoms with Crippen LogP contribution in [0.4, 0.5) is 5.69 Å². The number of benzene rings is 2. The summed E-state index contributed by atoms with van der Waals surface area (Å²) >= 11 is 1.40. The summed E-state index contributed by atoms with van der Waals surface area (Å²) in [6.07, 6.45) is 3.49. The summed E-state index contributed by atoms with van der Waals surface area (Å²) in [7, 11) is 0. The second kappa shape index (κ2) is 7.86. The average Bonchev–Trinajstić information content (AvgIpc) is 3.11. The first kappa shape index (κ1) is 18.3. The van der Waals surface area contributed by atoms with Gasteiger partial charge in [0.05, 0.1) is 11.3 Å². The van der Waals surface area contributed by atoms with E-state index >= 15 is 0 Å². The lowest BCUT2D eigenvalue weighted by Gasteiger charge is -2.07. The first-order valence-electron chi connectivity index (χ1n) is 8.98. The molecule has 6 heteroatoms. The molecule has 0 spiro atoms. The highest BCUT2D eigenvalue weighted by Gasteiger charge is 2.13. The van der Waals surface area contributed by atoms with Gasteiger partial charge in [-0.05, 0) is 42.7 Å². The maximum atomic E-state index is 12.4. The van der Waals surface area contributed by atoms with Crippen LogP contribution in [0.25, 0.3) is 22.2 Å². The first-order valence-corrected chi connectivity index (χ1v) is 9.97. The molecule has 2 heterocycles. The minimum atomic E-state index is -0.0587. The molecule has 0 aliphatic carbocycles. The van der Waals surface area contributed by atoms with Crippen molar-refractivity contribution in [1.82, 2.24) is 15.0 Å². The maximum absolute atomic E-state index is 12.4. The molecule has 1 amide bonds. The monoisotopic (exact) mass is 388 g/mol. The topological polar surface area (TPSA) is 70.7 Å². The van der Waals surface area contributed by atoms with Crippen molar-refractivity contribution in [2.45, 2.75) is 18.9 Å². The molecule has 2 N–H and O–H groups in total. The Balaban J connectivity index is 1.51. The zero-order chi connectivity index (χ0) is 19.5. The van der Waals surface area contributed by atoms with Gasteiger partial charge >= 0.3 is 0 Å². The van der Waals surface area contributed by atoms with Crippen molar-refractivity contribution in [1.29, 1.82) is 0 Å². The van der Waals surface area contributed by atoms with Gasteiger partial charge < -0.3 is 10.3 Å². The normalized spacial score (nSPS) is 10.9. The number of aryl methyl sites for hydroxylation is 2. The number of aromatic amines is 1. The van der Waals surface area contributed by atoms with Crippen LogP contribution in [0.2, 0.25) is 0 Å². The van der Waals surface area contributed by atoms with Crippen LogP contribution in [0.15, 0.2) is 66.1 Å². The van der Waals surface area contributed by atoms with Gasteiger partial charge in [-0.15, -0.1) is 0 Å². The molecular formula is C22H20N4OS. The smallest absolute Gasteiger partial charge is 0.234 e. The van der Waals surface area contributed by atoms with Crippen molar-refractivity contribution in [2.24, 2.45) is 0 Å². The Morgan fingerprint density at radius 3 is 2.57 bits per heavy atom. The zero-order valence-electron chi connectivity index (χ0n) is 15.7. The lowest BCUT2D eigenvalue weighted by molar-refractivity contribution is -0.113. The van der Waals surface area contributed by atoms with Crippen LogP contribution in [-0.4, -0.2) is 26.6 Å². The van der Waals surface area contributed by atoms with Gasteiger partial charge in [0.1, 0.15) is 16.9 Å². The van der Waals surface area contributed by atoms with Crippen molar-refractivity contribution in [2.75, 3.05) is 11.1 Å². The molecule has 0 aliphatic rings. The van der Waals surface area contributed by atoms with E-state index in [0.29, 0.717) is 0 Å². The van der Waals surface area contributed by atoms with E-state index in [1.54, 1.807) is 6.33 Å². The van der Waals surface area contributed by atoms with Crippen LogP contribution >= 0.6 is 11.8 Å². The van der Waals surface area contributed by atoms with Gasteiger partial charge in [0.2, 0.25) is 5.91 Å². The number of hydrogen-bond donors (Lipinski definition) is 2.